The summed E-state index contributed by atoms with van der Waals surface area (Å²) in [5.41, 5.74) is 1.62. The van der Waals surface area contributed by atoms with Crippen molar-refractivity contribution in [3.8, 4) is 11.3 Å². The molecule has 0 saturated carbocycles. The maximum atomic E-state index is 6.00. The Morgan fingerprint density at radius 1 is 1.50 bits per heavy atom. The van der Waals surface area contributed by atoms with E-state index in [0.29, 0.717) is 19.8 Å². The van der Waals surface area contributed by atoms with E-state index in [1.54, 1.807) is 6.07 Å². The van der Waals surface area contributed by atoms with E-state index in [1.807, 2.05) is 0 Å². The van der Waals surface area contributed by atoms with Crippen molar-refractivity contribution < 1.29 is 4.42 Å². The summed E-state index contributed by atoms with van der Waals surface area (Å²) in [6, 6.07) is 1.78. The molecule has 0 N–H and O–H groups in total. The van der Waals surface area contributed by atoms with E-state index >= 15 is 0 Å². The van der Waals surface area contributed by atoms with Crippen LogP contribution in [0.2, 0.25) is 8.67 Å². The molecule has 2 nitrogen and oxygen atoms in total. The van der Waals surface area contributed by atoms with Crippen molar-refractivity contribution in [3.05, 3.63) is 26.8 Å². The number of halogens is 3. The minimum absolute atomic E-state index is 0.619. The highest BCUT2D eigenvalue weighted by Gasteiger charge is 2.15. The van der Waals surface area contributed by atoms with Crippen LogP contribution in [-0.4, -0.2) is 4.98 Å². The van der Waals surface area contributed by atoms with Gasteiger partial charge in [-0.15, -0.1) is 11.3 Å². The van der Waals surface area contributed by atoms with Gasteiger partial charge in [0.2, 0.25) is 0 Å². The number of rotatable bonds is 2. The van der Waals surface area contributed by atoms with E-state index in [0.717, 1.165) is 11.3 Å². The number of aromatic nitrogens is 1. The highest BCUT2D eigenvalue weighted by molar-refractivity contribution is 9.08. The van der Waals surface area contributed by atoms with E-state index in [2.05, 4.69) is 20.9 Å². The van der Waals surface area contributed by atoms with Crippen molar-refractivity contribution in [3.63, 3.8) is 0 Å². The van der Waals surface area contributed by atoms with Crippen molar-refractivity contribution in [2.75, 3.05) is 0 Å². The van der Waals surface area contributed by atoms with Crippen molar-refractivity contribution in [2.24, 2.45) is 0 Å². The average molecular weight is 313 g/mol. The van der Waals surface area contributed by atoms with Gasteiger partial charge in [-0.3, -0.25) is 0 Å². The summed E-state index contributed by atoms with van der Waals surface area (Å²) in [6.07, 6.45) is 1.40. The summed E-state index contributed by atoms with van der Waals surface area (Å²) >= 11 is 16.5. The van der Waals surface area contributed by atoms with Crippen LogP contribution in [0.5, 0.6) is 0 Å². The van der Waals surface area contributed by atoms with Crippen LogP contribution in [0.3, 0.4) is 0 Å². The van der Waals surface area contributed by atoms with Crippen molar-refractivity contribution in [1.29, 1.82) is 0 Å². The van der Waals surface area contributed by atoms with Gasteiger partial charge in [-0.05, 0) is 6.07 Å². The van der Waals surface area contributed by atoms with Gasteiger partial charge in [-0.2, -0.15) is 0 Å². The third-order valence-electron chi connectivity index (χ3n) is 1.67. The van der Waals surface area contributed by atoms with E-state index < -0.39 is 0 Å². The molecule has 0 fully saturated rings. The Morgan fingerprint density at radius 2 is 2.29 bits per heavy atom. The molecule has 14 heavy (non-hydrogen) atoms. The average Bonchev–Trinajstić information content (AvgIpc) is 2.71. The first-order valence-electron chi connectivity index (χ1n) is 3.66. The second kappa shape index (κ2) is 4.23. The van der Waals surface area contributed by atoms with E-state index in [4.69, 9.17) is 27.6 Å². The first-order valence-corrected chi connectivity index (χ1v) is 6.35. The lowest BCUT2D eigenvalue weighted by Gasteiger charge is -1.94. The highest BCUT2D eigenvalue weighted by atomic mass is 79.9. The summed E-state index contributed by atoms with van der Waals surface area (Å²) in [5.74, 6) is 0.676. The number of thiophene rings is 1. The van der Waals surface area contributed by atoms with Crippen LogP contribution in [0, 0.1) is 0 Å². The summed E-state index contributed by atoms with van der Waals surface area (Å²) in [6.45, 7) is 0. The van der Waals surface area contributed by atoms with Gasteiger partial charge in [0, 0.05) is 5.33 Å². The van der Waals surface area contributed by atoms with E-state index in [-0.39, 0.29) is 0 Å². The molecule has 2 aromatic heterocycles. The Bertz CT molecular complexity index is 454. The number of hydrogen-bond donors (Lipinski definition) is 0. The third-order valence-corrected chi connectivity index (χ3v) is 3.69. The lowest BCUT2D eigenvalue weighted by Crippen LogP contribution is -1.80. The van der Waals surface area contributed by atoms with Crippen LogP contribution in [0.25, 0.3) is 11.3 Å². The maximum Gasteiger partial charge on any atom is 0.181 e. The summed E-state index contributed by atoms with van der Waals surface area (Å²) in [5, 5.41) is 0.628. The maximum absolute atomic E-state index is 6.00. The molecule has 74 valence electrons. The minimum Gasteiger partial charge on any atom is -0.443 e. The standard InChI is InChI=1S/C8H4BrCl2NOS/c9-2-5-7(13-3-12-5)4-1-6(10)14-8(4)11/h1,3H,2H2. The number of nitrogens with zero attached hydrogens (tertiary/aromatic N) is 1. The Labute approximate surface area is 103 Å². The zero-order valence-corrected chi connectivity index (χ0v) is 10.7. The fraction of sp³-hybridized carbons (Fsp3) is 0.125. The fourth-order valence-electron chi connectivity index (χ4n) is 1.08. The topological polar surface area (TPSA) is 26.0 Å². The normalized spacial score (nSPS) is 10.8. The molecule has 2 aromatic rings. The smallest absolute Gasteiger partial charge is 0.181 e. The molecule has 0 saturated heterocycles. The van der Waals surface area contributed by atoms with Gasteiger partial charge in [0.05, 0.1) is 15.6 Å². The van der Waals surface area contributed by atoms with Gasteiger partial charge >= 0.3 is 0 Å². The SMILES string of the molecule is Clc1cc(-c2ocnc2CBr)c(Cl)s1. The van der Waals surface area contributed by atoms with Gasteiger partial charge in [-0.1, -0.05) is 39.1 Å². The van der Waals surface area contributed by atoms with Crippen LogP contribution in [-0.2, 0) is 5.33 Å². The molecular weight excluding hydrogens is 309 g/mol. The molecule has 0 aliphatic rings. The summed E-state index contributed by atoms with van der Waals surface area (Å²) in [4.78, 5) is 4.05. The molecule has 0 spiro atoms. The molecule has 2 rings (SSSR count). The highest BCUT2D eigenvalue weighted by Crippen LogP contribution is 2.39. The number of oxazole rings is 1. The quantitative estimate of drug-likeness (QED) is 0.757. The summed E-state index contributed by atoms with van der Waals surface area (Å²) < 4.78 is 6.52. The third kappa shape index (κ3) is 1.84. The van der Waals surface area contributed by atoms with Crippen LogP contribution in [0.1, 0.15) is 5.69 Å². The van der Waals surface area contributed by atoms with Crippen LogP contribution >= 0.6 is 50.5 Å². The van der Waals surface area contributed by atoms with Gasteiger partial charge in [0.15, 0.2) is 12.2 Å². The van der Waals surface area contributed by atoms with E-state index in [9.17, 15) is 0 Å². The zero-order valence-electron chi connectivity index (χ0n) is 6.76. The van der Waals surface area contributed by atoms with Crippen LogP contribution in [0.4, 0.5) is 0 Å². The molecule has 0 atom stereocenters. The Balaban J connectivity index is 2.53. The lowest BCUT2D eigenvalue weighted by atomic mass is 10.2. The molecule has 0 unspecified atom stereocenters. The Morgan fingerprint density at radius 3 is 2.86 bits per heavy atom. The Kier molecular flexibility index (Phi) is 3.17. The monoisotopic (exact) mass is 311 g/mol. The molecule has 0 radical (unpaired) electrons. The lowest BCUT2D eigenvalue weighted by molar-refractivity contribution is 0.571. The molecule has 0 aliphatic carbocycles. The van der Waals surface area contributed by atoms with Crippen molar-refractivity contribution >= 4 is 50.5 Å². The molecule has 0 bridgehead atoms. The first-order chi connectivity index (χ1) is 6.72. The predicted octanol–water partition coefficient (Wildman–Crippen LogP) is 4.60. The summed E-state index contributed by atoms with van der Waals surface area (Å²) in [7, 11) is 0. The first kappa shape index (κ1) is 10.5. The second-order valence-corrected chi connectivity index (χ2v) is 5.35. The largest absolute Gasteiger partial charge is 0.443 e. The minimum atomic E-state index is 0.619. The van der Waals surface area contributed by atoms with Gasteiger partial charge in [-0.25, -0.2) is 4.98 Å². The number of alkyl halides is 1. The molecule has 0 aliphatic heterocycles. The fourth-order valence-corrected chi connectivity index (χ4v) is 2.94. The zero-order chi connectivity index (χ0) is 10.1. The van der Waals surface area contributed by atoms with Crippen molar-refractivity contribution in [2.45, 2.75) is 5.33 Å². The molecule has 0 amide bonds. The van der Waals surface area contributed by atoms with Crippen LogP contribution in [0.15, 0.2) is 16.9 Å². The van der Waals surface area contributed by atoms with Crippen LogP contribution < -0.4 is 0 Å². The van der Waals surface area contributed by atoms with E-state index in [1.165, 1.54) is 17.7 Å². The molecular formula is C8H4BrCl2NOS. The molecule has 0 aromatic carbocycles. The Hall–Kier alpha value is -0.0300. The molecule has 2 heterocycles. The molecule has 6 heteroatoms. The van der Waals surface area contributed by atoms with Gasteiger partial charge in [0.1, 0.15) is 4.34 Å². The van der Waals surface area contributed by atoms with Gasteiger partial charge in [0.25, 0.3) is 0 Å². The second-order valence-electron chi connectivity index (χ2n) is 2.50. The number of hydrogen-bond acceptors (Lipinski definition) is 3. The van der Waals surface area contributed by atoms with Crippen molar-refractivity contribution in [1.82, 2.24) is 4.98 Å². The predicted molar refractivity (Wildman–Crippen MR) is 62.5 cm³/mol. The van der Waals surface area contributed by atoms with Gasteiger partial charge < -0.3 is 4.42 Å².